The SMILES string of the molecule is CC(C)NS(=O)(=O)c1ccc(NC(=O)c2cccc(-n3cccc3)c2)cc1. The minimum Gasteiger partial charge on any atom is -0.324 e. The second-order valence-electron chi connectivity index (χ2n) is 6.40. The molecule has 1 heterocycles. The number of hydrogen-bond donors (Lipinski definition) is 2. The van der Waals surface area contributed by atoms with Crippen LogP contribution in [0.4, 0.5) is 5.69 Å². The zero-order valence-electron chi connectivity index (χ0n) is 15.1. The highest BCUT2D eigenvalue weighted by atomic mass is 32.2. The van der Waals surface area contributed by atoms with E-state index in [1.807, 2.05) is 41.2 Å². The summed E-state index contributed by atoms with van der Waals surface area (Å²) in [4.78, 5) is 12.7. The number of benzene rings is 2. The molecule has 1 amide bonds. The molecule has 7 heteroatoms. The van der Waals surface area contributed by atoms with Crippen LogP contribution in [0.3, 0.4) is 0 Å². The van der Waals surface area contributed by atoms with Crippen molar-refractivity contribution in [1.29, 1.82) is 0 Å². The summed E-state index contributed by atoms with van der Waals surface area (Å²) >= 11 is 0. The molecule has 140 valence electrons. The Bertz CT molecular complexity index is 1020. The highest BCUT2D eigenvalue weighted by Gasteiger charge is 2.15. The zero-order valence-corrected chi connectivity index (χ0v) is 15.9. The highest BCUT2D eigenvalue weighted by molar-refractivity contribution is 7.89. The minimum atomic E-state index is -3.55. The van der Waals surface area contributed by atoms with Crippen molar-refractivity contribution in [1.82, 2.24) is 9.29 Å². The monoisotopic (exact) mass is 383 g/mol. The molecule has 27 heavy (non-hydrogen) atoms. The first-order chi connectivity index (χ1) is 12.8. The van der Waals surface area contributed by atoms with Crippen LogP contribution in [-0.2, 0) is 10.0 Å². The van der Waals surface area contributed by atoms with Crippen LogP contribution in [0.2, 0.25) is 0 Å². The van der Waals surface area contributed by atoms with Crippen molar-refractivity contribution in [2.24, 2.45) is 0 Å². The molecule has 2 N–H and O–H groups in total. The first-order valence-electron chi connectivity index (χ1n) is 8.52. The number of aromatic nitrogens is 1. The normalized spacial score (nSPS) is 11.5. The van der Waals surface area contributed by atoms with Gasteiger partial charge in [-0.3, -0.25) is 4.79 Å². The van der Waals surface area contributed by atoms with Crippen molar-refractivity contribution in [3.05, 3.63) is 78.6 Å². The molecule has 0 bridgehead atoms. The van der Waals surface area contributed by atoms with Gasteiger partial charge in [-0.2, -0.15) is 0 Å². The van der Waals surface area contributed by atoms with E-state index in [0.29, 0.717) is 11.3 Å². The Labute approximate surface area is 158 Å². The van der Waals surface area contributed by atoms with Crippen molar-refractivity contribution >= 4 is 21.6 Å². The van der Waals surface area contributed by atoms with E-state index in [0.717, 1.165) is 5.69 Å². The Balaban J connectivity index is 1.74. The topological polar surface area (TPSA) is 80.2 Å². The van der Waals surface area contributed by atoms with Crippen molar-refractivity contribution < 1.29 is 13.2 Å². The van der Waals surface area contributed by atoms with E-state index in [4.69, 9.17) is 0 Å². The molecule has 2 aromatic carbocycles. The molecule has 0 radical (unpaired) electrons. The number of nitrogens with one attached hydrogen (secondary N) is 2. The van der Waals surface area contributed by atoms with E-state index in [-0.39, 0.29) is 16.8 Å². The van der Waals surface area contributed by atoms with Gasteiger partial charge < -0.3 is 9.88 Å². The quantitative estimate of drug-likeness (QED) is 0.684. The van der Waals surface area contributed by atoms with Crippen LogP contribution in [0, 0.1) is 0 Å². The van der Waals surface area contributed by atoms with E-state index in [1.54, 1.807) is 38.1 Å². The molecule has 0 aliphatic rings. The summed E-state index contributed by atoms with van der Waals surface area (Å²) in [6, 6.07) is 17.0. The minimum absolute atomic E-state index is 0.156. The predicted octanol–water partition coefficient (Wildman–Crippen LogP) is 3.42. The summed E-state index contributed by atoms with van der Waals surface area (Å²) in [5.74, 6) is -0.264. The molecule has 0 saturated carbocycles. The third-order valence-electron chi connectivity index (χ3n) is 3.82. The van der Waals surface area contributed by atoms with E-state index in [2.05, 4.69) is 10.0 Å². The van der Waals surface area contributed by atoms with Crippen molar-refractivity contribution in [3.63, 3.8) is 0 Å². The van der Waals surface area contributed by atoms with Gasteiger partial charge in [0.2, 0.25) is 10.0 Å². The van der Waals surface area contributed by atoms with Crippen LogP contribution >= 0.6 is 0 Å². The average Bonchev–Trinajstić information content (AvgIpc) is 3.16. The first-order valence-corrected chi connectivity index (χ1v) is 10.0. The fourth-order valence-corrected chi connectivity index (χ4v) is 3.86. The second kappa shape index (κ2) is 7.77. The number of amides is 1. The van der Waals surface area contributed by atoms with Gasteiger partial charge in [0.15, 0.2) is 0 Å². The van der Waals surface area contributed by atoms with Crippen molar-refractivity contribution in [2.45, 2.75) is 24.8 Å². The van der Waals surface area contributed by atoms with Gasteiger partial charge in [-0.25, -0.2) is 13.1 Å². The maximum absolute atomic E-state index is 12.5. The number of sulfonamides is 1. The molecule has 1 aromatic heterocycles. The molecule has 0 fully saturated rings. The van der Waals surface area contributed by atoms with Gasteiger partial charge in [0, 0.05) is 35.4 Å². The average molecular weight is 383 g/mol. The summed E-state index contributed by atoms with van der Waals surface area (Å²) in [5, 5.41) is 2.79. The molecule has 0 atom stereocenters. The van der Waals surface area contributed by atoms with Gasteiger partial charge >= 0.3 is 0 Å². The summed E-state index contributed by atoms with van der Waals surface area (Å²) in [7, 11) is -3.55. The fraction of sp³-hybridized carbons (Fsp3) is 0.150. The lowest BCUT2D eigenvalue weighted by molar-refractivity contribution is 0.102. The molecular weight excluding hydrogens is 362 g/mol. The lowest BCUT2D eigenvalue weighted by Crippen LogP contribution is -2.30. The van der Waals surface area contributed by atoms with Crippen LogP contribution in [0.25, 0.3) is 5.69 Å². The molecule has 0 unspecified atom stereocenters. The number of nitrogens with zero attached hydrogens (tertiary/aromatic N) is 1. The predicted molar refractivity (Wildman–Crippen MR) is 106 cm³/mol. The van der Waals surface area contributed by atoms with Gasteiger partial charge in [0.25, 0.3) is 5.91 Å². The van der Waals surface area contributed by atoms with Gasteiger partial charge in [0.05, 0.1) is 4.90 Å². The molecule has 0 aliphatic carbocycles. The van der Waals surface area contributed by atoms with Gasteiger partial charge in [0.1, 0.15) is 0 Å². The van der Waals surface area contributed by atoms with Crippen LogP contribution in [-0.4, -0.2) is 24.9 Å². The maximum Gasteiger partial charge on any atom is 0.255 e. The summed E-state index contributed by atoms with van der Waals surface area (Å²) in [5.41, 5.74) is 1.92. The summed E-state index contributed by atoms with van der Waals surface area (Å²) < 4.78 is 28.7. The molecule has 3 rings (SSSR count). The number of rotatable bonds is 6. The van der Waals surface area contributed by atoms with Gasteiger partial charge in [-0.1, -0.05) is 6.07 Å². The van der Waals surface area contributed by atoms with E-state index in [9.17, 15) is 13.2 Å². The Kier molecular flexibility index (Phi) is 5.43. The van der Waals surface area contributed by atoms with Crippen LogP contribution < -0.4 is 10.0 Å². The molecule has 6 nitrogen and oxygen atoms in total. The molecule has 3 aromatic rings. The maximum atomic E-state index is 12.5. The van der Waals surface area contributed by atoms with Crippen molar-refractivity contribution in [3.8, 4) is 5.69 Å². The molecule has 0 spiro atoms. The molecular formula is C20H21N3O3S. The highest BCUT2D eigenvalue weighted by Crippen LogP contribution is 2.17. The lowest BCUT2D eigenvalue weighted by atomic mass is 10.2. The number of carbonyl (C=O) groups excluding carboxylic acids is 1. The van der Waals surface area contributed by atoms with Crippen LogP contribution in [0.15, 0.2) is 78.0 Å². The fourth-order valence-electron chi connectivity index (χ4n) is 2.61. The lowest BCUT2D eigenvalue weighted by Gasteiger charge is -2.11. The van der Waals surface area contributed by atoms with Crippen LogP contribution in [0.1, 0.15) is 24.2 Å². The Hall–Kier alpha value is -2.90. The van der Waals surface area contributed by atoms with E-state index < -0.39 is 10.0 Å². The summed E-state index contributed by atoms with van der Waals surface area (Å²) in [6.45, 7) is 3.52. The van der Waals surface area contributed by atoms with Crippen molar-refractivity contribution in [2.75, 3.05) is 5.32 Å². The van der Waals surface area contributed by atoms with Gasteiger partial charge in [-0.15, -0.1) is 0 Å². The van der Waals surface area contributed by atoms with Gasteiger partial charge in [-0.05, 0) is 68.4 Å². The number of hydrogen-bond acceptors (Lipinski definition) is 3. The number of carbonyl (C=O) groups is 1. The smallest absolute Gasteiger partial charge is 0.255 e. The molecule has 0 aliphatic heterocycles. The Morgan fingerprint density at radius 1 is 0.963 bits per heavy atom. The van der Waals surface area contributed by atoms with E-state index >= 15 is 0 Å². The first kappa shape index (κ1) is 18.9. The third-order valence-corrected chi connectivity index (χ3v) is 5.50. The second-order valence-corrected chi connectivity index (χ2v) is 8.11. The van der Waals surface area contributed by atoms with Crippen LogP contribution in [0.5, 0.6) is 0 Å². The Morgan fingerprint density at radius 2 is 1.63 bits per heavy atom. The number of anilines is 1. The van der Waals surface area contributed by atoms with E-state index in [1.165, 1.54) is 12.1 Å². The molecule has 0 saturated heterocycles. The third kappa shape index (κ3) is 4.64. The summed E-state index contributed by atoms with van der Waals surface area (Å²) in [6.07, 6.45) is 3.81. The Morgan fingerprint density at radius 3 is 2.26 bits per heavy atom. The zero-order chi connectivity index (χ0) is 19.4. The standard InChI is InChI=1S/C20H21N3O3S/c1-15(2)22-27(25,26)19-10-8-17(9-11-19)21-20(24)16-6-5-7-18(14-16)23-12-3-4-13-23/h3-15,22H,1-2H3,(H,21,24). The largest absolute Gasteiger partial charge is 0.324 e.